The minimum Gasteiger partial charge on any atom is -0.478 e. The topological polar surface area (TPSA) is 59.3 Å². The summed E-state index contributed by atoms with van der Waals surface area (Å²) in [5.41, 5.74) is 1.41. The summed E-state index contributed by atoms with van der Waals surface area (Å²) in [5, 5.41) is 8.81. The number of rotatable bonds is 6. The first-order chi connectivity index (χ1) is 10.1. The van der Waals surface area contributed by atoms with Gasteiger partial charge in [0.05, 0.1) is 18.2 Å². The van der Waals surface area contributed by atoms with Crippen molar-refractivity contribution in [3.05, 3.63) is 29.3 Å². The van der Waals surface area contributed by atoms with Crippen molar-refractivity contribution in [2.24, 2.45) is 0 Å². The van der Waals surface area contributed by atoms with Gasteiger partial charge in [-0.25, -0.2) is 4.79 Å². The molecular weight excluding hydrogens is 266 g/mol. The van der Waals surface area contributed by atoms with E-state index in [2.05, 4.69) is 6.07 Å². The average Bonchev–Trinajstić information content (AvgIpc) is 2.50. The standard InChI is InChI=1S/C15H19NO3.C2H6/c1-4-6-14(15(17)18-5-2)19-13-8-7-12(10-16)9-11(13)3;1-2/h7-9,14H,4-6H2,1-3H3;1-2H3. The Kier molecular flexibility index (Phi) is 9.70. The van der Waals surface area contributed by atoms with Gasteiger partial charge in [0.1, 0.15) is 5.75 Å². The maximum atomic E-state index is 11.8. The minimum absolute atomic E-state index is 0.340. The summed E-state index contributed by atoms with van der Waals surface area (Å²) in [7, 11) is 0. The van der Waals surface area contributed by atoms with Crippen LogP contribution in [0, 0.1) is 18.3 Å². The lowest BCUT2D eigenvalue weighted by Crippen LogP contribution is -2.29. The molecular formula is C17H25NO3. The zero-order valence-corrected chi connectivity index (χ0v) is 13.6. The zero-order valence-electron chi connectivity index (χ0n) is 13.6. The lowest BCUT2D eigenvalue weighted by Gasteiger charge is -2.18. The second-order valence-corrected chi connectivity index (χ2v) is 4.24. The number of hydrogen-bond donors (Lipinski definition) is 0. The number of benzene rings is 1. The number of nitriles is 1. The van der Waals surface area contributed by atoms with Crippen molar-refractivity contribution in [1.29, 1.82) is 5.26 Å². The first kappa shape index (κ1) is 19.0. The van der Waals surface area contributed by atoms with Crippen LogP contribution in [-0.2, 0) is 9.53 Å². The quantitative estimate of drug-likeness (QED) is 0.743. The normalized spacial score (nSPS) is 10.7. The maximum absolute atomic E-state index is 11.8. The molecule has 1 atom stereocenters. The Balaban J connectivity index is 0.00000191. The van der Waals surface area contributed by atoms with Crippen LogP contribution in [-0.4, -0.2) is 18.7 Å². The molecule has 116 valence electrons. The van der Waals surface area contributed by atoms with E-state index in [0.717, 1.165) is 12.0 Å². The SMILES string of the molecule is CC.CCCC(Oc1ccc(C#N)cc1C)C(=O)OCC. The molecule has 0 bridgehead atoms. The van der Waals surface area contributed by atoms with Crippen LogP contribution < -0.4 is 4.74 Å². The van der Waals surface area contributed by atoms with Crippen LogP contribution in [0.25, 0.3) is 0 Å². The average molecular weight is 291 g/mol. The fourth-order valence-electron chi connectivity index (χ4n) is 1.73. The fourth-order valence-corrected chi connectivity index (χ4v) is 1.73. The van der Waals surface area contributed by atoms with Crippen LogP contribution in [0.4, 0.5) is 0 Å². The third-order valence-electron chi connectivity index (χ3n) is 2.67. The predicted octanol–water partition coefficient (Wildman–Crippen LogP) is 4.00. The highest BCUT2D eigenvalue weighted by atomic mass is 16.6. The van der Waals surface area contributed by atoms with Crippen molar-refractivity contribution >= 4 is 5.97 Å². The maximum Gasteiger partial charge on any atom is 0.347 e. The Bertz CT molecular complexity index is 477. The van der Waals surface area contributed by atoms with Gasteiger partial charge >= 0.3 is 5.97 Å². The molecule has 1 rings (SSSR count). The van der Waals surface area contributed by atoms with Gasteiger partial charge in [-0.05, 0) is 44.0 Å². The summed E-state index contributed by atoms with van der Waals surface area (Å²) < 4.78 is 10.7. The van der Waals surface area contributed by atoms with Crippen LogP contribution in [0.3, 0.4) is 0 Å². The molecule has 0 aromatic heterocycles. The lowest BCUT2D eigenvalue weighted by atomic mass is 10.1. The van der Waals surface area contributed by atoms with Crippen molar-refractivity contribution < 1.29 is 14.3 Å². The first-order valence-electron chi connectivity index (χ1n) is 7.46. The summed E-state index contributed by atoms with van der Waals surface area (Å²) in [4.78, 5) is 11.8. The number of carbonyl (C=O) groups excluding carboxylic acids is 1. The Hall–Kier alpha value is -2.02. The van der Waals surface area contributed by atoms with Crippen molar-refractivity contribution in [1.82, 2.24) is 0 Å². The predicted molar refractivity (Wildman–Crippen MR) is 83.2 cm³/mol. The zero-order chi connectivity index (χ0) is 16.3. The highest BCUT2D eigenvalue weighted by Gasteiger charge is 2.21. The molecule has 1 aromatic rings. The van der Waals surface area contributed by atoms with Gasteiger partial charge in [0.25, 0.3) is 0 Å². The van der Waals surface area contributed by atoms with Crippen LogP contribution >= 0.6 is 0 Å². The number of esters is 1. The first-order valence-corrected chi connectivity index (χ1v) is 7.46. The Morgan fingerprint density at radius 2 is 2.00 bits per heavy atom. The Labute approximate surface area is 127 Å². The van der Waals surface area contributed by atoms with E-state index in [4.69, 9.17) is 14.7 Å². The number of ether oxygens (including phenoxy) is 2. The van der Waals surface area contributed by atoms with Crippen LogP contribution in [0.2, 0.25) is 0 Å². The molecule has 0 spiro atoms. The highest BCUT2D eigenvalue weighted by Crippen LogP contribution is 2.21. The summed E-state index contributed by atoms with van der Waals surface area (Å²) in [6, 6.07) is 7.20. The summed E-state index contributed by atoms with van der Waals surface area (Å²) >= 11 is 0. The van der Waals surface area contributed by atoms with E-state index in [0.29, 0.717) is 24.3 Å². The number of carbonyl (C=O) groups is 1. The molecule has 0 saturated heterocycles. The Morgan fingerprint density at radius 1 is 1.33 bits per heavy atom. The van der Waals surface area contributed by atoms with E-state index in [-0.39, 0.29) is 5.97 Å². The van der Waals surface area contributed by atoms with Gasteiger partial charge in [-0.3, -0.25) is 0 Å². The van der Waals surface area contributed by atoms with Gasteiger partial charge in [-0.2, -0.15) is 5.26 Å². The second-order valence-electron chi connectivity index (χ2n) is 4.24. The lowest BCUT2D eigenvalue weighted by molar-refractivity contribution is -0.151. The fraction of sp³-hybridized carbons (Fsp3) is 0.529. The van der Waals surface area contributed by atoms with E-state index in [1.165, 1.54) is 0 Å². The van der Waals surface area contributed by atoms with Gasteiger partial charge in [0, 0.05) is 0 Å². The molecule has 0 radical (unpaired) electrons. The molecule has 1 unspecified atom stereocenters. The largest absolute Gasteiger partial charge is 0.478 e. The van der Waals surface area contributed by atoms with Gasteiger partial charge in [0.15, 0.2) is 6.10 Å². The number of nitrogens with zero attached hydrogens (tertiary/aromatic N) is 1. The van der Waals surface area contributed by atoms with Gasteiger partial charge < -0.3 is 9.47 Å². The van der Waals surface area contributed by atoms with Crippen LogP contribution in [0.1, 0.15) is 51.7 Å². The van der Waals surface area contributed by atoms with Gasteiger partial charge in [-0.1, -0.05) is 27.2 Å². The molecule has 0 heterocycles. The number of aryl methyl sites for hydroxylation is 1. The molecule has 0 saturated carbocycles. The van der Waals surface area contributed by atoms with Crippen molar-refractivity contribution in [3.8, 4) is 11.8 Å². The highest BCUT2D eigenvalue weighted by molar-refractivity contribution is 5.75. The molecule has 4 heteroatoms. The minimum atomic E-state index is -0.586. The summed E-state index contributed by atoms with van der Waals surface area (Å²) in [6.07, 6.45) is 0.855. The molecule has 21 heavy (non-hydrogen) atoms. The third kappa shape index (κ3) is 6.31. The van der Waals surface area contributed by atoms with Crippen molar-refractivity contribution in [3.63, 3.8) is 0 Å². The van der Waals surface area contributed by atoms with Crippen LogP contribution in [0.5, 0.6) is 5.75 Å². The van der Waals surface area contributed by atoms with E-state index in [9.17, 15) is 4.79 Å². The van der Waals surface area contributed by atoms with Crippen molar-refractivity contribution in [2.45, 2.75) is 53.6 Å². The van der Waals surface area contributed by atoms with Crippen molar-refractivity contribution in [2.75, 3.05) is 6.61 Å². The molecule has 0 fully saturated rings. The summed E-state index contributed by atoms with van der Waals surface area (Å²) in [5.74, 6) is 0.276. The van der Waals surface area contributed by atoms with Crippen LogP contribution in [0.15, 0.2) is 18.2 Å². The third-order valence-corrected chi connectivity index (χ3v) is 2.67. The molecule has 0 aliphatic carbocycles. The molecule has 0 aliphatic rings. The van der Waals surface area contributed by atoms with E-state index < -0.39 is 6.10 Å². The second kappa shape index (κ2) is 10.7. The van der Waals surface area contributed by atoms with E-state index in [1.807, 2.05) is 27.7 Å². The molecule has 1 aromatic carbocycles. The Morgan fingerprint density at radius 3 is 2.48 bits per heavy atom. The molecule has 0 aliphatic heterocycles. The van der Waals surface area contributed by atoms with E-state index >= 15 is 0 Å². The molecule has 0 N–H and O–H groups in total. The smallest absolute Gasteiger partial charge is 0.347 e. The number of hydrogen-bond acceptors (Lipinski definition) is 4. The van der Waals surface area contributed by atoms with Gasteiger partial charge in [0.2, 0.25) is 0 Å². The molecule has 4 nitrogen and oxygen atoms in total. The van der Waals surface area contributed by atoms with E-state index in [1.54, 1.807) is 25.1 Å². The summed E-state index contributed by atoms with van der Waals surface area (Å²) in [6.45, 7) is 9.95. The molecule has 0 amide bonds. The van der Waals surface area contributed by atoms with Gasteiger partial charge in [-0.15, -0.1) is 0 Å². The monoisotopic (exact) mass is 291 g/mol.